The molecule has 1 aromatic rings. The van der Waals surface area contributed by atoms with E-state index in [-0.39, 0.29) is 5.56 Å². The van der Waals surface area contributed by atoms with Gasteiger partial charge in [-0.2, -0.15) is 0 Å². The van der Waals surface area contributed by atoms with E-state index in [0.717, 1.165) is 17.7 Å². The summed E-state index contributed by atoms with van der Waals surface area (Å²) in [6.45, 7) is 0. The molecule has 50 valence electrons. The van der Waals surface area contributed by atoms with Crippen molar-refractivity contribution in [1.82, 2.24) is 9.97 Å². The maximum atomic E-state index is 11.0. The highest BCUT2D eigenvalue weighted by molar-refractivity contribution is 5.54. The van der Waals surface area contributed by atoms with Gasteiger partial charge in [0, 0.05) is 5.56 Å². The van der Waals surface area contributed by atoms with Crippen molar-refractivity contribution in [2.24, 2.45) is 0 Å². The summed E-state index contributed by atoms with van der Waals surface area (Å²) in [5.41, 5.74) is 1.57. The predicted octanol–water partition coefficient (Wildman–Crippen LogP) is 0.339. The molecule has 0 bridgehead atoms. The average molecular weight is 134 g/mol. The van der Waals surface area contributed by atoms with Crippen molar-refractivity contribution in [2.75, 3.05) is 0 Å². The van der Waals surface area contributed by atoms with Crippen LogP contribution in [0.25, 0.3) is 6.08 Å². The monoisotopic (exact) mass is 134 g/mol. The Morgan fingerprint density at radius 2 is 2.50 bits per heavy atom. The van der Waals surface area contributed by atoms with Crippen LogP contribution in [-0.4, -0.2) is 9.97 Å². The third-order valence-electron chi connectivity index (χ3n) is 1.58. The molecule has 0 aromatic carbocycles. The van der Waals surface area contributed by atoms with Crippen LogP contribution in [0.4, 0.5) is 0 Å². The number of aromatic nitrogens is 2. The topological polar surface area (TPSA) is 45.8 Å². The SMILES string of the molecule is O=c1[nH]cnc2c1CC=C2. The Balaban J connectivity index is 2.77. The lowest BCUT2D eigenvalue weighted by Gasteiger charge is -1.91. The van der Waals surface area contributed by atoms with Crippen LogP contribution in [0.15, 0.2) is 17.2 Å². The van der Waals surface area contributed by atoms with E-state index in [0.29, 0.717) is 0 Å². The summed E-state index contributed by atoms with van der Waals surface area (Å²) < 4.78 is 0. The first-order valence-electron chi connectivity index (χ1n) is 3.11. The van der Waals surface area contributed by atoms with Gasteiger partial charge in [0.25, 0.3) is 5.56 Å². The summed E-state index contributed by atoms with van der Waals surface area (Å²) in [7, 11) is 0. The molecule has 1 N–H and O–H groups in total. The Kier molecular flexibility index (Phi) is 0.974. The summed E-state index contributed by atoms with van der Waals surface area (Å²) in [6, 6.07) is 0. The lowest BCUT2D eigenvalue weighted by molar-refractivity contribution is 1.05. The average Bonchev–Trinajstić information content (AvgIpc) is 2.36. The molecule has 1 aromatic heterocycles. The lowest BCUT2D eigenvalue weighted by atomic mass is 10.2. The number of nitrogens with zero attached hydrogens (tertiary/aromatic N) is 1. The largest absolute Gasteiger partial charge is 0.313 e. The quantitative estimate of drug-likeness (QED) is 0.556. The third-order valence-corrected chi connectivity index (χ3v) is 1.58. The molecule has 0 fully saturated rings. The highest BCUT2D eigenvalue weighted by atomic mass is 16.1. The zero-order chi connectivity index (χ0) is 6.97. The second-order valence-corrected chi connectivity index (χ2v) is 2.20. The smallest absolute Gasteiger partial charge is 0.254 e. The first-order valence-corrected chi connectivity index (χ1v) is 3.11. The first kappa shape index (κ1) is 5.41. The van der Waals surface area contributed by atoms with Gasteiger partial charge in [0.05, 0.1) is 12.0 Å². The number of rotatable bonds is 0. The Hall–Kier alpha value is -1.38. The van der Waals surface area contributed by atoms with E-state index >= 15 is 0 Å². The van der Waals surface area contributed by atoms with Gasteiger partial charge in [-0.15, -0.1) is 0 Å². The molecule has 0 unspecified atom stereocenters. The fourth-order valence-corrected chi connectivity index (χ4v) is 1.07. The van der Waals surface area contributed by atoms with E-state index in [1.807, 2.05) is 12.2 Å². The van der Waals surface area contributed by atoms with Gasteiger partial charge in [-0.3, -0.25) is 4.79 Å². The molecule has 0 amide bonds. The van der Waals surface area contributed by atoms with Gasteiger partial charge in [-0.25, -0.2) is 4.98 Å². The molecule has 10 heavy (non-hydrogen) atoms. The molecule has 0 spiro atoms. The molecule has 0 radical (unpaired) electrons. The van der Waals surface area contributed by atoms with Crippen LogP contribution < -0.4 is 5.56 Å². The molecule has 1 aliphatic carbocycles. The maximum Gasteiger partial charge on any atom is 0.254 e. The van der Waals surface area contributed by atoms with Crippen LogP contribution in [0.5, 0.6) is 0 Å². The molecular weight excluding hydrogens is 128 g/mol. The van der Waals surface area contributed by atoms with Gasteiger partial charge in [-0.05, 0) is 12.5 Å². The molecule has 0 aliphatic heterocycles. The molecule has 2 rings (SSSR count). The van der Waals surface area contributed by atoms with Gasteiger partial charge >= 0.3 is 0 Å². The number of H-pyrrole nitrogens is 1. The van der Waals surface area contributed by atoms with E-state index in [1.54, 1.807) is 0 Å². The molecule has 1 aliphatic rings. The normalized spacial score (nSPS) is 13.6. The van der Waals surface area contributed by atoms with Crippen molar-refractivity contribution < 1.29 is 0 Å². The van der Waals surface area contributed by atoms with E-state index < -0.39 is 0 Å². The van der Waals surface area contributed by atoms with Crippen LogP contribution in [0.2, 0.25) is 0 Å². The second-order valence-electron chi connectivity index (χ2n) is 2.20. The number of nitrogens with one attached hydrogen (secondary N) is 1. The standard InChI is InChI=1S/C7H6N2O/c10-7-5-2-1-3-6(5)8-4-9-7/h1,3-4H,2H2,(H,8,9,10). The highest BCUT2D eigenvalue weighted by Crippen LogP contribution is 2.10. The molecule has 0 saturated heterocycles. The Morgan fingerprint density at radius 3 is 3.30 bits per heavy atom. The number of aromatic amines is 1. The van der Waals surface area contributed by atoms with Crippen molar-refractivity contribution in [3.8, 4) is 0 Å². The maximum absolute atomic E-state index is 11.0. The Bertz CT molecular complexity index is 338. The fourth-order valence-electron chi connectivity index (χ4n) is 1.07. The third kappa shape index (κ3) is 0.603. The van der Waals surface area contributed by atoms with Crippen molar-refractivity contribution in [2.45, 2.75) is 6.42 Å². The van der Waals surface area contributed by atoms with E-state index in [9.17, 15) is 4.79 Å². The van der Waals surface area contributed by atoms with Crippen LogP contribution in [-0.2, 0) is 6.42 Å². The summed E-state index contributed by atoms with van der Waals surface area (Å²) >= 11 is 0. The minimum atomic E-state index is -0.0185. The Morgan fingerprint density at radius 1 is 1.60 bits per heavy atom. The number of hydrogen-bond donors (Lipinski definition) is 1. The number of hydrogen-bond acceptors (Lipinski definition) is 2. The van der Waals surface area contributed by atoms with Crippen molar-refractivity contribution in [3.63, 3.8) is 0 Å². The van der Waals surface area contributed by atoms with E-state index in [1.165, 1.54) is 6.33 Å². The lowest BCUT2D eigenvalue weighted by Crippen LogP contribution is -2.12. The van der Waals surface area contributed by atoms with Crippen LogP contribution in [0.1, 0.15) is 11.3 Å². The molecule has 0 atom stereocenters. The summed E-state index contributed by atoms with van der Waals surface area (Å²) in [5, 5.41) is 0. The highest BCUT2D eigenvalue weighted by Gasteiger charge is 2.08. The zero-order valence-electron chi connectivity index (χ0n) is 5.29. The second kappa shape index (κ2) is 1.80. The van der Waals surface area contributed by atoms with Crippen molar-refractivity contribution >= 4 is 6.08 Å². The molecule has 0 saturated carbocycles. The number of fused-ring (bicyclic) bond motifs is 1. The van der Waals surface area contributed by atoms with Gasteiger partial charge < -0.3 is 4.98 Å². The first-order chi connectivity index (χ1) is 4.88. The fraction of sp³-hybridized carbons (Fsp3) is 0.143. The van der Waals surface area contributed by atoms with Crippen molar-refractivity contribution in [3.05, 3.63) is 34.0 Å². The summed E-state index contributed by atoms with van der Waals surface area (Å²) in [5.74, 6) is 0. The van der Waals surface area contributed by atoms with Gasteiger partial charge in [0.15, 0.2) is 0 Å². The predicted molar refractivity (Wildman–Crippen MR) is 37.6 cm³/mol. The number of allylic oxidation sites excluding steroid dienone is 1. The molecular formula is C7H6N2O. The minimum absolute atomic E-state index is 0.0185. The van der Waals surface area contributed by atoms with Crippen LogP contribution >= 0.6 is 0 Å². The molecule has 3 nitrogen and oxygen atoms in total. The van der Waals surface area contributed by atoms with E-state index in [4.69, 9.17) is 0 Å². The van der Waals surface area contributed by atoms with Crippen LogP contribution in [0, 0.1) is 0 Å². The zero-order valence-corrected chi connectivity index (χ0v) is 5.29. The Labute approximate surface area is 57.4 Å². The molecule has 1 heterocycles. The van der Waals surface area contributed by atoms with Gasteiger partial charge in [-0.1, -0.05) is 6.08 Å². The van der Waals surface area contributed by atoms with Crippen molar-refractivity contribution in [1.29, 1.82) is 0 Å². The molecule has 3 heteroatoms. The summed E-state index contributed by atoms with van der Waals surface area (Å²) in [4.78, 5) is 17.5. The summed E-state index contributed by atoms with van der Waals surface area (Å²) in [6.07, 6.45) is 5.95. The van der Waals surface area contributed by atoms with E-state index in [2.05, 4.69) is 9.97 Å². The van der Waals surface area contributed by atoms with Crippen LogP contribution in [0.3, 0.4) is 0 Å². The van der Waals surface area contributed by atoms with Gasteiger partial charge in [0.1, 0.15) is 0 Å². The minimum Gasteiger partial charge on any atom is -0.313 e. The van der Waals surface area contributed by atoms with Gasteiger partial charge in [0.2, 0.25) is 0 Å².